The molecule has 0 fully saturated rings. The Morgan fingerprint density at radius 3 is 2.79 bits per heavy atom. The summed E-state index contributed by atoms with van der Waals surface area (Å²) in [5, 5.41) is 10.2. The van der Waals surface area contributed by atoms with E-state index in [2.05, 4.69) is 4.98 Å². The maximum Gasteiger partial charge on any atom is 0.266 e. The van der Waals surface area contributed by atoms with Crippen molar-refractivity contribution in [1.82, 2.24) is 14.5 Å². The molecule has 0 saturated heterocycles. The van der Waals surface area contributed by atoms with Crippen molar-refractivity contribution < 1.29 is 4.79 Å². The van der Waals surface area contributed by atoms with E-state index in [9.17, 15) is 9.59 Å². The van der Waals surface area contributed by atoms with Crippen molar-refractivity contribution in [2.45, 2.75) is 18.5 Å². The van der Waals surface area contributed by atoms with Gasteiger partial charge in [-0.1, -0.05) is 41.6 Å². The van der Waals surface area contributed by atoms with Gasteiger partial charge in [0, 0.05) is 18.6 Å². The number of fused-ring (bicyclic) bond motifs is 1. The Kier molecular flexibility index (Phi) is 6.57. The van der Waals surface area contributed by atoms with Crippen LogP contribution in [0.5, 0.6) is 0 Å². The topological polar surface area (TPSA) is 79.0 Å². The van der Waals surface area contributed by atoms with Crippen LogP contribution in [0.3, 0.4) is 0 Å². The number of thioether (sulfide) groups is 1. The predicted molar refractivity (Wildman–Crippen MR) is 116 cm³/mol. The van der Waals surface area contributed by atoms with Crippen LogP contribution in [0, 0.1) is 18.3 Å². The zero-order chi connectivity index (χ0) is 21.0. The highest BCUT2D eigenvalue weighted by Gasteiger charge is 2.18. The minimum atomic E-state index is -0.214. The molecule has 0 unspecified atom stereocenters. The lowest BCUT2D eigenvalue weighted by atomic mass is 10.2. The monoisotopic (exact) mass is 426 g/mol. The number of carbonyl (C=O) groups is 1. The molecule has 0 aliphatic rings. The van der Waals surface area contributed by atoms with E-state index in [0.717, 1.165) is 5.56 Å². The fourth-order valence-electron chi connectivity index (χ4n) is 2.84. The maximum absolute atomic E-state index is 13.3. The molecule has 0 atom stereocenters. The average molecular weight is 427 g/mol. The number of nitrogens with zero attached hydrogens (tertiary/aromatic N) is 4. The molecule has 148 valence electrons. The third-order valence-corrected chi connectivity index (χ3v) is 5.87. The number of aromatic nitrogens is 2. The van der Waals surface area contributed by atoms with Crippen LogP contribution in [0.4, 0.5) is 0 Å². The molecule has 1 aromatic heterocycles. The van der Waals surface area contributed by atoms with E-state index in [1.165, 1.54) is 21.2 Å². The second kappa shape index (κ2) is 9.12. The third kappa shape index (κ3) is 4.44. The molecule has 0 radical (unpaired) electrons. The number of halogens is 1. The van der Waals surface area contributed by atoms with Crippen LogP contribution < -0.4 is 5.56 Å². The summed E-state index contributed by atoms with van der Waals surface area (Å²) in [6.07, 6.45) is 0.271. The van der Waals surface area contributed by atoms with Gasteiger partial charge in [-0.2, -0.15) is 5.26 Å². The number of rotatable bonds is 6. The summed E-state index contributed by atoms with van der Waals surface area (Å²) >= 11 is 7.46. The number of nitriles is 1. The van der Waals surface area contributed by atoms with Crippen LogP contribution in [-0.2, 0) is 4.79 Å². The molecular formula is C21H19ClN4O2S. The number of carbonyl (C=O) groups excluding carboxylic acids is 1. The highest BCUT2D eigenvalue weighted by Crippen LogP contribution is 2.26. The van der Waals surface area contributed by atoms with Crippen molar-refractivity contribution in [2.75, 3.05) is 19.3 Å². The fourth-order valence-corrected chi connectivity index (χ4v) is 3.95. The normalized spacial score (nSPS) is 10.7. The van der Waals surface area contributed by atoms with Crippen molar-refractivity contribution in [1.29, 1.82) is 5.26 Å². The molecular weight excluding hydrogens is 408 g/mol. The average Bonchev–Trinajstić information content (AvgIpc) is 2.72. The Morgan fingerprint density at radius 1 is 1.28 bits per heavy atom. The molecule has 29 heavy (non-hydrogen) atoms. The van der Waals surface area contributed by atoms with Gasteiger partial charge in [0.05, 0.1) is 34.8 Å². The minimum Gasteiger partial charge on any atom is -0.344 e. The second-order valence-electron chi connectivity index (χ2n) is 6.45. The van der Waals surface area contributed by atoms with E-state index in [-0.39, 0.29) is 23.6 Å². The largest absolute Gasteiger partial charge is 0.344 e. The summed E-state index contributed by atoms with van der Waals surface area (Å²) < 4.78 is 1.51. The maximum atomic E-state index is 13.3. The lowest BCUT2D eigenvalue weighted by Gasteiger charge is -2.17. The van der Waals surface area contributed by atoms with E-state index in [1.54, 1.807) is 37.4 Å². The molecule has 3 aromatic rings. The Labute approximate surface area is 177 Å². The Hall–Kier alpha value is -2.82. The van der Waals surface area contributed by atoms with Gasteiger partial charge in [0.2, 0.25) is 5.91 Å². The molecule has 2 aromatic carbocycles. The van der Waals surface area contributed by atoms with Crippen molar-refractivity contribution in [3.8, 4) is 11.8 Å². The number of hydrogen-bond donors (Lipinski definition) is 0. The first-order valence-electron chi connectivity index (χ1n) is 8.95. The molecule has 0 aliphatic heterocycles. The SMILES string of the molecule is Cc1c(Cl)cccc1-n1c(SCC(=O)N(C)CCC#N)nc2ccccc2c1=O. The Morgan fingerprint density at radius 2 is 2.03 bits per heavy atom. The molecule has 0 aliphatic carbocycles. The quantitative estimate of drug-likeness (QED) is 0.442. The minimum absolute atomic E-state index is 0.103. The molecule has 8 heteroatoms. The van der Waals surface area contributed by atoms with Crippen molar-refractivity contribution in [3.05, 3.63) is 63.4 Å². The zero-order valence-electron chi connectivity index (χ0n) is 16.1. The van der Waals surface area contributed by atoms with E-state index in [0.29, 0.717) is 33.3 Å². The van der Waals surface area contributed by atoms with E-state index < -0.39 is 0 Å². The van der Waals surface area contributed by atoms with Crippen molar-refractivity contribution in [2.24, 2.45) is 0 Å². The first kappa shape index (κ1) is 20.9. The van der Waals surface area contributed by atoms with Crippen molar-refractivity contribution >= 4 is 40.2 Å². The van der Waals surface area contributed by atoms with Crippen LogP contribution in [-0.4, -0.2) is 39.7 Å². The molecule has 1 amide bonds. The molecule has 0 bridgehead atoms. The predicted octanol–water partition coefficient (Wildman–Crippen LogP) is 3.81. The zero-order valence-corrected chi connectivity index (χ0v) is 17.6. The van der Waals surface area contributed by atoms with Gasteiger partial charge in [0.1, 0.15) is 0 Å². The Bertz CT molecular complexity index is 1170. The lowest BCUT2D eigenvalue weighted by molar-refractivity contribution is -0.127. The molecule has 0 spiro atoms. The molecule has 3 rings (SSSR count). The van der Waals surface area contributed by atoms with Gasteiger partial charge in [0.25, 0.3) is 5.56 Å². The number of para-hydroxylation sites is 1. The van der Waals surface area contributed by atoms with Gasteiger partial charge in [-0.05, 0) is 36.8 Å². The van der Waals surface area contributed by atoms with Gasteiger partial charge >= 0.3 is 0 Å². The fraction of sp³-hybridized carbons (Fsp3) is 0.238. The van der Waals surface area contributed by atoms with E-state index in [4.69, 9.17) is 16.9 Å². The number of benzene rings is 2. The van der Waals surface area contributed by atoms with E-state index in [1.807, 2.05) is 25.1 Å². The van der Waals surface area contributed by atoms with Gasteiger partial charge in [0.15, 0.2) is 5.16 Å². The van der Waals surface area contributed by atoms with Gasteiger partial charge < -0.3 is 4.90 Å². The molecule has 0 saturated carbocycles. The summed E-state index contributed by atoms with van der Waals surface area (Å²) in [7, 11) is 1.66. The van der Waals surface area contributed by atoms with E-state index >= 15 is 0 Å². The molecule has 0 N–H and O–H groups in total. The van der Waals surface area contributed by atoms with Crippen LogP contribution in [0.2, 0.25) is 5.02 Å². The standard InChI is InChI=1S/C21H19ClN4O2S/c1-14-16(22)8-5-10-18(14)26-20(28)15-7-3-4-9-17(15)24-21(26)29-13-19(27)25(2)12-6-11-23/h3-5,7-10H,6,12-13H2,1-2H3. The Balaban J connectivity index is 2.06. The van der Waals surface area contributed by atoms with Gasteiger partial charge in [-0.15, -0.1) is 0 Å². The summed E-state index contributed by atoms with van der Waals surface area (Å²) in [6, 6.07) is 14.5. The smallest absolute Gasteiger partial charge is 0.266 e. The van der Waals surface area contributed by atoms with Crippen LogP contribution in [0.25, 0.3) is 16.6 Å². The summed E-state index contributed by atoms with van der Waals surface area (Å²) in [6.45, 7) is 2.20. The van der Waals surface area contributed by atoms with Crippen LogP contribution >= 0.6 is 23.4 Å². The van der Waals surface area contributed by atoms with Crippen LogP contribution in [0.1, 0.15) is 12.0 Å². The highest BCUT2D eigenvalue weighted by atomic mass is 35.5. The second-order valence-corrected chi connectivity index (χ2v) is 7.80. The van der Waals surface area contributed by atoms with Gasteiger partial charge in [-0.3, -0.25) is 14.2 Å². The third-order valence-electron chi connectivity index (χ3n) is 4.53. The summed E-state index contributed by atoms with van der Waals surface area (Å²) in [5.74, 6) is -0.0335. The first-order chi connectivity index (χ1) is 13.9. The molecule has 1 heterocycles. The number of hydrogen-bond acceptors (Lipinski definition) is 5. The number of amides is 1. The molecule has 6 nitrogen and oxygen atoms in total. The van der Waals surface area contributed by atoms with Crippen molar-refractivity contribution in [3.63, 3.8) is 0 Å². The lowest BCUT2D eigenvalue weighted by Crippen LogP contribution is -2.29. The first-order valence-corrected chi connectivity index (χ1v) is 10.3. The van der Waals surface area contributed by atoms with Gasteiger partial charge in [-0.25, -0.2) is 4.98 Å². The summed E-state index contributed by atoms with van der Waals surface area (Å²) in [4.78, 5) is 31.8. The highest BCUT2D eigenvalue weighted by molar-refractivity contribution is 7.99. The summed E-state index contributed by atoms with van der Waals surface area (Å²) in [5.41, 5.74) is 1.75. The van der Waals surface area contributed by atoms with Crippen LogP contribution in [0.15, 0.2) is 52.4 Å².